The number of nitrogens with one attached hydrogen (secondary N) is 2. The number of rotatable bonds is 3. The molecule has 146 valence electrons. The van der Waals surface area contributed by atoms with Gasteiger partial charge in [0.2, 0.25) is 0 Å². The monoisotopic (exact) mass is 399 g/mol. The Hall–Kier alpha value is -2.54. The van der Waals surface area contributed by atoms with Crippen LogP contribution in [0.5, 0.6) is 0 Å². The molecule has 1 saturated heterocycles. The normalized spacial score (nSPS) is 18.4. The van der Waals surface area contributed by atoms with Gasteiger partial charge in [-0.05, 0) is 49.6 Å². The van der Waals surface area contributed by atoms with Crippen molar-refractivity contribution in [2.24, 2.45) is 0 Å². The van der Waals surface area contributed by atoms with Crippen molar-refractivity contribution in [3.8, 4) is 0 Å². The summed E-state index contributed by atoms with van der Waals surface area (Å²) in [6, 6.07) is 15.3. The Morgan fingerprint density at radius 3 is 2.68 bits per heavy atom. The van der Waals surface area contributed by atoms with Gasteiger partial charge in [-0.1, -0.05) is 47.5 Å². The average Bonchev–Trinajstić information content (AvgIpc) is 3.08. The Balaban J connectivity index is 1.32. The molecule has 2 aromatic carbocycles. The van der Waals surface area contributed by atoms with Gasteiger partial charge in [0.05, 0.1) is 5.70 Å². The summed E-state index contributed by atoms with van der Waals surface area (Å²) >= 11 is 5.93. The van der Waals surface area contributed by atoms with Crippen molar-refractivity contribution in [1.29, 1.82) is 0 Å². The minimum Gasteiger partial charge on any atom is -0.351 e. The van der Waals surface area contributed by atoms with E-state index in [9.17, 15) is 4.79 Å². The summed E-state index contributed by atoms with van der Waals surface area (Å²) in [5.74, 6) is 0. The minimum absolute atomic E-state index is 0.372. The predicted octanol–water partition coefficient (Wildman–Crippen LogP) is 4.52. The van der Waals surface area contributed by atoms with E-state index in [-0.39, 0.29) is 5.60 Å². The molecule has 4 rings (SSSR count). The van der Waals surface area contributed by atoms with Crippen LogP contribution < -0.4 is 10.8 Å². The highest BCUT2D eigenvalue weighted by Gasteiger charge is 2.39. The molecule has 2 heterocycles. The SMILES string of the molecule is Cc1ccc(C2=CC3(CCN(OC(=O)Nc4cccc(Cl)c4)CC3)ON2)cc1. The maximum atomic E-state index is 12.1. The first-order chi connectivity index (χ1) is 13.5. The van der Waals surface area contributed by atoms with Gasteiger partial charge in [0, 0.05) is 23.8 Å². The maximum absolute atomic E-state index is 12.1. The number of carbonyl (C=O) groups is 1. The third kappa shape index (κ3) is 4.30. The van der Waals surface area contributed by atoms with Crippen molar-refractivity contribution >= 4 is 29.1 Å². The topological polar surface area (TPSA) is 62.8 Å². The van der Waals surface area contributed by atoms with Gasteiger partial charge in [-0.3, -0.25) is 15.6 Å². The fourth-order valence-electron chi connectivity index (χ4n) is 3.38. The number of amides is 1. The van der Waals surface area contributed by atoms with Crippen LogP contribution >= 0.6 is 11.6 Å². The Morgan fingerprint density at radius 1 is 1.21 bits per heavy atom. The highest BCUT2D eigenvalue weighted by Crippen LogP contribution is 2.34. The first kappa shape index (κ1) is 18.8. The highest BCUT2D eigenvalue weighted by atomic mass is 35.5. The molecule has 0 atom stereocenters. The van der Waals surface area contributed by atoms with E-state index >= 15 is 0 Å². The van der Waals surface area contributed by atoms with Crippen molar-refractivity contribution in [2.45, 2.75) is 25.4 Å². The lowest BCUT2D eigenvalue weighted by molar-refractivity contribution is -0.153. The molecule has 28 heavy (non-hydrogen) atoms. The first-order valence-electron chi connectivity index (χ1n) is 9.25. The number of hydrogen-bond donors (Lipinski definition) is 2. The zero-order valence-corrected chi connectivity index (χ0v) is 16.3. The van der Waals surface area contributed by atoms with Crippen molar-refractivity contribution in [1.82, 2.24) is 10.5 Å². The molecule has 0 saturated carbocycles. The zero-order chi connectivity index (χ0) is 19.6. The molecule has 6 nitrogen and oxygen atoms in total. The number of halogens is 1. The van der Waals surface area contributed by atoms with E-state index < -0.39 is 6.09 Å². The Morgan fingerprint density at radius 2 is 1.96 bits per heavy atom. The van der Waals surface area contributed by atoms with Crippen LogP contribution in [0.25, 0.3) is 5.70 Å². The minimum atomic E-state index is -0.528. The number of aryl methyl sites for hydroxylation is 1. The summed E-state index contributed by atoms with van der Waals surface area (Å²) < 4.78 is 0. The van der Waals surface area contributed by atoms with Crippen molar-refractivity contribution in [3.63, 3.8) is 0 Å². The van der Waals surface area contributed by atoms with Crippen LogP contribution in [-0.2, 0) is 9.68 Å². The largest absolute Gasteiger partial charge is 0.430 e. The Kier molecular flexibility index (Phi) is 5.26. The fraction of sp³-hybridized carbons (Fsp3) is 0.286. The molecule has 0 aromatic heterocycles. The lowest BCUT2D eigenvalue weighted by Gasteiger charge is -2.35. The first-order valence-corrected chi connectivity index (χ1v) is 9.63. The summed E-state index contributed by atoms with van der Waals surface area (Å²) in [5, 5.41) is 4.90. The van der Waals surface area contributed by atoms with Gasteiger partial charge in [-0.2, -0.15) is 0 Å². The summed E-state index contributed by atoms with van der Waals surface area (Å²) in [7, 11) is 0. The number of hydrogen-bond acceptors (Lipinski definition) is 5. The second-order valence-electron chi connectivity index (χ2n) is 7.14. The Bertz CT molecular complexity index is 890. The molecule has 1 fully saturated rings. The number of piperidine rings is 1. The average molecular weight is 400 g/mol. The third-order valence-electron chi connectivity index (χ3n) is 4.99. The van der Waals surface area contributed by atoms with Crippen LogP contribution in [0.3, 0.4) is 0 Å². The van der Waals surface area contributed by atoms with Crippen LogP contribution in [0, 0.1) is 6.92 Å². The number of nitrogens with zero attached hydrogens (tertiary/aromatic N) is 1. The third-order valence-corrected chi connectivity index (χ3v) is 5.22. The molecule has 2 N–H and O–H groups in total. The van der Waals surface area contributed by atoms with E-state index in [2.05, 4.69) is 48.1 Å². The predicted molar refractivity (Wildman–Crippen MR) is 108 cm³/mol. The second-order valence-corrected chi connectivity index (χ2v) is 7.57. The van der Waals surface area contributed by atoms with Crippen molar-refractivity contribution in [2.75, 3.05) is 18.4 Å². The maximum Gasteiger partial charge on any atom is 0.430 e. The van der Waals surface area contributed by atoms with Crippen LogP contribution in [0.4, 0.5) is 10.5 Å². The van der Waals surface area contributed by atoms with E-state index in [0.29, 0.717) is 23.8 Å². The quantitative estimate of drug-likeness (QED) is 0.794. The molecule has 0 radical (unpaired) electrons. The van der Waals surface area contributed by atoms with Crippen molar-refractivity contribution < 1.29 is 14.5 Å². The van der Waals surface area contributed by atoms with Gasteiger partial charge >= 0.3 is 6.09 Å². The molecule has 0 aliphatic carbocycles. The molecule has 2 aromatic rings. The molecule has 2 aliphatic heterocycles. The standard InChI is InChI=1S/C21H22ClN3O3/c1-15-5-7-16(8-6-15)19-14-21(28-24-19)9-11-25(12-10-21)27-20(26)23-18-4-2-3-17(22)13-18/h2-8,13-14,24H,9-12H2,1H3,(H,23,26). The highest BCUT2D eigenvalue weighted by molar-refractivity contribution is 6.30. The van der Waals surface area contributed by atoms with Gasteiger partial charge in [0.25, 0.3) is 0 Å². The van der Waals surface area contributed by atoms with Gasteiger partial charge in [-0.15, -0.1) is 5.06 Å². The van der Waals surface area contributed by atoms with Crippen LogP contribution in [0.2, 0.25) is 5.02 Å². The second kappa shape index (κ2) is 7.83. The molecular formula is C21H22ClN3O3. The number of carbonyl (C=O) groups excluding carboxylic acids is 1. The summed E-state index contributed by atoms with van der Waals surface area (Å²) in [6.45, 7) is 3.24. The van der Waals surface area contributed by atoms with Gasteiger partial charge in [0.1, 0.15) is 5.60 Å². The van der Waals surface area contributed by atoms with E-state index in [1.165, 1.54) is 5.56 Å². The van der Waals surface area contributed by atoms with Crippen LogP contribution in [0.15, 0.2) is 54.6 Å². The van der Waals surface area contributed by atoms with E-state index in [0.717, 1.165) is 24.1 Å². The number of hydroxylamine groups is 3. The zero-order valence-electron chi connectivity index (χ0n) is 15.6. The summed E-state index contributed by atoms with van der Waals surface area (Å²) in [6.07, 6.45) is 3.06. The molecule has 1 spiro atoms. The number of benzene rings is 2. The molecule has 0 unspecified atom stereocenters. The van der Waals surface area contributed by atoms with E-state index in [1.807, 2.05) is 0 Å². The van der Waals surface area contributed by atoms with Gasteiger partial charge < -0.3 is 4.84 Å². The van der Waals surface area contributed by atoms with Crippen LogP contribution in [0.1, 0.15) is 24.0 Å². The molecule has 7 heteroatoms. The summed E-state index contributed by atoms with van der Waals surface area (Å²) in [5.41, 5.74) is 6.58. The molecule has 2 aliphatic rings. The van der Waals surface area contributed by atoms with Gasteiger partial charge in [-0.25, -0.2) is 4.79 Å². The molecule has 1 amide bonds. The lowest BCUT2D eigenvalue weighted by Crippen LogP contribution is -2.45. The van der Waals surface area contributed by atoms with Crippen molar-refractivity contribution in [3.05, 3.63) is 70.8 Å². The smallest absolute Gasteiger partial charge is 0.351 e. The number of anilines is 1. The summed E-state index contributed by atoms with van der Waals surface area (Å²) in [4.78, 5) is 23.4. The lowest BCUT2D eigenvalue weighted by atomic mass is 9.91. The molecular weight excluding hydrogens is 378 g/mol. The van der Waals surface area contributed by atoms with Crippen LogP contribution in [-0.4, -0.2) is 29.8 Å². The molecule has 0 bridgehead atoms. The fourth-order valence-corrected chi connectivity index (χ4v) is 3.57. The van der Waals surface area contributed by atoms with E-state index in [4.69, 9.17) is 21.3 Å². The van der Waals surface area contributed by atoms with Gasteiger partial charge in [0.15, 0.2) is 0 Å². The Labute approximate surface area is 169 Å². The van der Waals surface area contributed by atoms with E-state index in [1.54, 1.807) is 29.3 Å².